The number of thiophene rings is 1. The van der Waals surface area contributed by atoms with Crippen LogP contribution in [-0.4, -0.2) is 28.8 Å². The zero-order valence-electron chi connectivity index (χ0n) is 13.7. The summed E-state index contributed by atoms with van der Waals surface area (Å²) in [5, 5.41) is 5.88. The van der Waals surface area contributed by atoms with Crippen LogP contribution in [0.1, 0.15) is 22.5 Å². The quantitative estimate of drug-likeness (QED) is 0.574. The van der Waals surface area contributed by atoms with E-state index in [-0.39, 0.29) is 36.8 Å². The van der Waals surface area contributed by atoms with Crippen LogP contribution in [0.25, 0.3) is 10.8 Å². The van der Waals surface area contributed by atoms with E-state index in [4.69, 9.17) is 13.6 Å². The number of ether oxygens (including phenoxy) is 2. The van der Waals surface area contributed by atoms with Gasteiger partial charge < -0.3 is 18.3 Å². The number of carbonyl (C=O) groups is 2. The summed E-state index contributed by atoms with van der Waals surface area (Å²) in [4.78, 5) is 35.9. The molecule has 0 radical (unpaired) electrons. The van der Waals surface area contributed by atoms with E-state index < -0.39 is 17.7 Å². The van der Waals surface area contributed by atoms with Crippen molar-refractivity contribution in [2.45, 2.75) is 19.6 Å². The fourth-order valence-corrected chi connectivity index (χ4v) is 2.75. The van der Waals surface area contributed by atoms with Crippen molar-refractivity contribution >= 4 is 23.3 Å². The van der Waals surface area contributed by atoms with Crippen molar-refractivity contribution in [2.75, 3.05) is 7.11 Å². The van der Waals surface area contributed by atoms with E-state index >= 15 is 0 Å². The van der Waals surface area contributed by atoms with E-state index in [0.29, 0.717) is 0 Å². The highest BCUT2D eigenvalue weighted by Crippen LogP contribution is 2.21. The molecular weight excluding hydrogens is 364 g/mol. The lowest BCUT2D eigenvalue weighted by molar-refractivity contribution is -0.145. The molecule has 3 rings (SSSR count). The van der Waals surface area contributed by atoms with Gasteiger partial charge in [-0.15, -0.1) is 16.4 Å². The number of hydrogen-bond donors (Lipinski definition) is 0. The molecule has 3 aromatic rings. The zero-order valence-corrected chi connectivity index (χ0v) is 14.5. The van der Waals surface area contributed by atoms with E-state index in [2.05, 4.69) is 9.84 Å². The third-order valence-electron chi connectivity index (χ3n) is 3.38. The summed E-state index contributed by atoms with van der Waals surface area (Å²) in [6.07, 6.45) is 1.21. The first kappa shape index (κ1) is 17.7. The number of furan rings is 1. The van der Waals surface area contributed by atoms with Gasteiger partial charge in [-0.25, -0.2) is 9.59 Å². The van der Waals surface area contributed by atoms with E-state index in [1.807, 2.05) is 11.4 Å². The fraction of sp³-hybridized carbons (Fsp3) is 0.250. The molecule has 0 aliphatic heterocycles. The third kappa shape index (κ3) is 3.91. The van der Waals surface area contributed by atoms with Crippen LogP contribution < -0.4 is 5.76 Å². The Morgan fingerprint density at radius 3 is 2.92 bits per heavy atom. The van der Waals surface area contributed by atoms with Crippen molar-refractivity contribution < 1.29 is 27.9 Å². The first-order valence-electron chi connectivity index (χ1n) is 7.50. The molecule has 0 atom stereocenters. The van der Waals surface area contributed by atoms with Gasteiger partial charge >= 0.3 is 17.7 Å². The smallest absolute Gasteiger partial charge is 0.437 e. The molecule has 0 N–H and O–H groups in total. The second-order valence-electron chi connectivity index (χ2n) is 5.03. The summed E-state index contributed by atoms with van der Waals surface area (Å²) in [5.41, 5.74) is 0.189. The van der Waals surface area contributed by atoms with Crippen LogP contribution in [0.2, 0.25) is 0 Å². The Morgan fingerprint density at radius 1 is 1.35 bits per heavy atom. The van der Waals surface area contributed by atoms with Gasteiger partial charge in [-0.1, -0.05) is 6.07 Å². The number of hydrogen-bond acceptors (Lipinski definition) is 9. The van der Waals surface area contributed by atoms with Gasteiger partial charge in [0, 0.05) is 0 Å². The van der Waals surface area contributed by atoms with Crippen LogP contribution in [0.4, 0.5) is 0 Å². The Kier molecular flexibility index (Phi) is 5.32. The number of carbonyl (C=O) groups excluding carboxylic acids is 2. The minimum atomic E-state index is -0.653. The van der Waals surface area contributed by atoms with Crippen molar-refractivity contribution in [3.8, 4) is 10.8 Å². The maximum absolute atomic E-state index is 11.9. The van der Waals surface area contributed by atoms with Crippen LogP contribution >= 0.6 is 11.3 Å². The van der Waals surface area contributed by atoms with Gasteiger partial charge in [0.15, 0.2) is 5.76 Å². The van der Waals surface area contributed by atoms with Crippen molar-refractivity contribution in [2.24, 2.45) is 0 Å². The fourth-order valence-electron chi connectivity index (χ4n) is 2.11. The second-order valence-corrected chi connectivity index (χ2v) is 5.98. The van der Waals surface area contributed by atoms with Crippen LogP contribution in [0.3, 0.4) is 0 Å². The highest BCUT2D eigenvalue weighted by Gasteiger charge is 2.17. The van der Waals surface area contributed by atoms with E-state index in [0.717, 1.165) is 9.56 Å². The van der Waals surface area contributed by atoms with Crippen LogP contribution in [0.15, 0.2) is 43.5 Å². The monoisotopic (exact) mass is 378 g/mol. The van der Waals surface area contributed by atoms with Gasteiger partial charge in [-0.05, 0) is 17.5 Å². The summed E-state index contributed by atoms with van der Waals surface area (Å²) in [6, 6.07) is 5.01. The second kappa shape index (κ2) is 7.83. The van der Waals surface area contributed by atoms with Crippen LogP contribution in [0, 0.1) is 0 Å². The molecule has 26 heavy (non-hydrogen) atoms. The lowest BCUT2D eigenvalue weighted by Crippen LogP contribution is -2.19. The number of esters is 2. The number of rotatable bonds is 7. The maximum Gasteiger partial charge on any atom is 0.437 e. The molecule has 136 valence electrons. The largest absolute Gasteiger partial charge is 0.465 e. The molecule has 0 saturated carbocycles. The predicted octanol–water partition coefficient (Wildman–Crippen LogP) is 2.08. The summed E-state index contributed by atoms with van der Waals surface area (Å²) in [5.74, 6) is -1.43. The molecule has 0 saturated heterocycles. The Balaban J connectivity index is 1.54. The molecule has 3 aromatic heterocycles. The highest BCUT2D eigenvalue weighted by molar-refractivity contribution is 7.13. The number of methoxy groups -OCH3 is 1. The molecule has 0 aliphatic carbocycles. The molecular formula is C16H14N2O7S. The number of nitrogens with zero attached hydrogens (tertiary/aromatic N) is 2. The highest BCUT2D eigenvalue weighted by atomic mass is 32.1. The van der Waals surface area contributed by atoms with E-state index in [1.165, 1.54) is 30.8 Å². The molecule has 0 aliphatic rings. The van der Waals surface area contributed by atoms with Gasteiger partial charge in [0.25, 0.3) is 5.89 Å². The molecule has 0 fully saturated rings. The summed E-state index contributed by atoms with van der Waals surface area (Å²) in [7, 11) is 1.24. The van der Waals surface area contributed by atoms with Gasteiger partial charge in [0.05, 0.1) is 31.2 Å². The van der Waals surface area contributed by atoms with Gasteiger partial charge in [-0.3, -0.25) is 4.79 Å². The SMILES string of the molecule is COC(=O)c1ccoc1COC(=O)CCn1nc(-c2cccs2)oc1=O. The molecule has 3 heterocycles. The maximum atomic E-state index is 11.9. The predicted molar refractivity (Wildman–Crippen MR) is 88.5 cm³/mol. The number of aromatic nitrogens is 2. The standard InChI is InChI=1S/C16H14N2O7S/c1-22-15(20)10-5-7-23-11(10)9-24-13(19)4-6-18-16(21)25-14(17-18)12-3-2-8-26-12/h2-3,5,7-8H,4,6,9H2,1H3. The molecule has 10 heteroatoms. The first-order valence-corrected chi connectivity index (χ1v) is 8.38. The van der Waals surface area contributed by atoms with Crippen molar-refractivity contribution in [3.05, 3.63) is 51.7 Å². The van der Waals surface area contributed by atoms with Gasteiger partial charge in [0.2, 0.25) is 0 Å². The summed E-state index contributed by atoms with van der Waals surface area (Å²) < 4.78 is 20.9. The molecule has 0 bridgehead atoms. The average molecular weight is 378 g/mol. The molecule has 9 nitrogen and oxygen atoms in total. The van der Waals surface area contributed by atoms with E-state index in [9.17, 15) is 14.4 Å². The van der Waals surface area contributed by atoms with Crippen molar-refractivity contribution in [1.29, 1.82) is 0 Å². The molecule has 0 amide bonds. The lowest BCUT2D eigenvalue weighted by Gasteiger charge is -2.04. The molecule has 0 aromatic carbocycles. The van der Waals surface area contributed by atoms with Crippen molar-refractivity contribution in [3.63, 3.8) is 0 Å². The third-order valence-corrected chi connectivity index (χ3v) is 4.24. The van der Waals surface area contributed by atoms with Gasteiger partial charge in [0.1, 0.15) is 12.2 Å². The number of aryl methyl sites for hydroxylation is 1. The van der Waals surface area contributed by atoms with E-state index in [1.54, 1.807) is 6.07 Å². The minimum Gasteiger partial charge on any atom is -0.465 e. The minimum absolute atomic E-state index is 0.00849. The Hall–Kier alpha value is -3.14. The first-order chi connectivity index (χ1) is 12.6. The van der Waals surface area contributed by atoms with Gasteiger partial charge in [-0.2, -0.15) is 4.68 Å². The Bertz CT molecular complexity index is 952. The van der Waals surface area contributed by atoms with Crippen LogP contribution in [0.5, 0.6) is 0 Å². The lowest BCUT2D eigenvalue weighted by atomic mass is 10.2. The Labute approximate surface area is 150 Å². The zero-order chi connectivity index (χ0) is 18.5. The molecule has 0 spiro atoms. The Morgan fingerprint density at radius 2 is 2.19 bits per heavy atom. The van der Waals surface area contributed by atoms with Crippen molar-refractivity contribution in [1.82, 2.24) is 9.78 Å². The summed E-state index contributed by atoms with van der Waals surface area (Å²) in [6.45, 7) is -0.209. The van der Waals surface area contributed by atoms with Crippen LogP contribution in [-0.2, 0) is 27.4 Å². The normalized spacial score (nSPS) is 10.7. The topological polar surface area (TPSA) is 114 Å². The molecule has 0 unspecified atom stereocenters. The summed E-state index contributed by atoms with van der Waals surface area (Å²) >= 11 is 1.39. The average Bonchev–Trinajstić information content (AvgIpc) is 3.37.